The van der Waals surface area contributed by atoms with Crippen LogP contribution in [-0.2, 0) is 0 Å². The molecule has 0 aliphatic carbocycles. The first-order valence-electron chi connectivity index (χ1n) is 12.9. The van der Waals surface area contributed by atoms with Gasteiger partial charge in [-0.1, -0.05) is 78.4 Å². The van der Waals surface area contributed by atoms with Crippen LogP contribution in [0, 0.1) is 13.8 Å². The van der Waals surface area contributed by atoms with E-state index in [2.05, 4.69) is 136 Å². The summed E-state index contributed by atoms with van der Waals surface area (Å²) in [6.45, 7) is 4.28. The van der Waals surface area contributed by atoms with Gasteiger partial charge in [0.2, 0.25) is 0 Å². The van der Waals surface area contributed by atoms with Crippen LogP contribution in [0.4, 0.5) is 0 Å². The molecule has 0 saturated carbocycles. The van der Waals surface area contributed by atoms with Gasteiger partial charge in [-0.05, 0) is 67.9 Å². The minimum Gasteiger partial charge on any atom is -0.309 e. The van der Waals surface area contributed by atoms with E-state index in [0.717, 1.165) is 34.2 Å². The maximum atomic E-state index is 4.68. The summed E-state index contributed by atoms with van der Waals surface area (Å²) >= 11 is 0. The van der Waals surface area contributed by atoms with Gasteiger partial charge in [-0.15, -0.1) is 10.2 Å². The number of fused-ring (bicyclic) bond motifs is 3. The highest BCUT2D eigenvalue weighted by atomic mass is 15.3. The average molecular weight is 491 g/mol. The van der Waals surface area contributed by atoms with Crippen molar-refractivity contribution >= 4 is 21.8 Å². The van der Waals surface area contributed by atoms with Gasteiger partial charge in [0.1, 0.15) is 0 Å². The van der Waals surface area contributed by atoms with Gasteiger partial charge in [0.25, 0.3) is 0 Å². The molecule has 7 aromatic rings. The summed E-state index contributed by atoms with van der Waals surface area (Å²) in [6.07, 6.45) is 0. The number of hydrogen-bond donors (Lipinski definition) is 0. The molecule has 0 N–H and O–H groups in total. The van der Waals surface area contributed by atoms with Crippen LogP contribution in [0.2, 0.25) is 0 Å². The highest BCUT2D eigenvalue weighted by Gasteiger charge is 2.18. The SMILES string of the molecule is Cc1cccc(-c2nnc(-c3ccc(-n4c5ccccc5c5cccc(C)c54)cc3)n2-c2ccccc2)c1. The molecule has 0 unspecified atom stereocenters. The normalized spacial score (nSPS) is 11.4. The fourth-order valence-electron chi connectivity index (χ4n) is 5.48. The summed E-state index contributed by atoms with van der Waals surface area (Å²) in [5.41, 5.74) is 9.12. The predicted molar refractivity (Wildman–Crippen MR) is 156 cm³/mol. The molecule has 0 atom stereocenters. The molecule has 0 fully saturated rings. The van der Waals surface area contributed by atoms with E-state index in [1.807, 2.05) is 18.2 Å². The zero-order valence-corrected chi connectivity index (χ0v) is 21.3. The van der Waals surface area contributed by atoms with Gasteiger partial charge < -0.3 is 4.57 Å². The van der Waals surface area contributed by atoms with Gasteiger partial charge in [-0.25, -0.2) is 0 Å². The second kappa shape index (κ2) is 8.86. The Hall–Kier alpha value is -4.96. The van der Waals surface area contributed by atoms with E-state index in [0.29, 0.717) is 0 Å². The number of aryl methyl sites for hydroxylation is 2. The van der Waals surface area contributed by atoms with Crippen LogP contribution in [0.25, 0.3) is 56.0 Å². The summed E-state index contributed by atoms with van der Waals surface area (Å²) < 4.78 is 4.51. The van der Waals surface area contributed by atoms with Gasteiger partial charge in [-0.3, -0.25) is 4.57 Å². The van der Waals surface area contributed by atoms with Crippen molar-refractivity contribution in [3.63, 3.8) is 0 Å². The lowest BCUT2D eigenvalue weighted by Gasteiger charge is -2.13. The molecule has 4 heteroatoms. The van der Waals surface area contributed by atoms with Crippen molar-refractivity contribution in [2.24, 2.45) is 0 Å². The van der Waals surface area contributed by atoms with Crippen molar-refractivity contribution in [1.29, 1.82) is 0 Å². The summed E-state index contributed by atoms with van der Waals surface area (Å²) in [7, 11) is 0. The number of para-hydroxylation sites is 3. The molecule has 38 heavy (non-hydrogen) atoms. The number of aromatic nitrogens is 4. The molecule has 5 aromatic carbocycles. The van der Waals surface area contributed by atoms with Gasteiger partial charge in [0, 0.05) is 33.3 Å². The highest BCUT2D eigenvalue weighted by molar-refractivity contribution is 6.10. The molecule has 7 rings (SSSR count). The fraction of sp³-hybridized carbons (Fsp3) is 0.0588. The molecule has 0 aliphatic heterocycles. The number of rotatable bonds is 4. The minimum absolute atomic E-state index is 0.817. The summed E-state index contributed by atoms with van der Waals surface area (Å²) in [5, 5.41) is 11.9. The maximum absolute atomic E-state index is 4.68. The Balaban J connectivity index is 1.40. The number of nitrogens with zero attached hydrogens (tertiary/aromatic N) is 4. The van der Waals surface area contributed by atoms with Crippen LogP contribution in [0.15, 0.2) is 121 Å². The van der Waals surface area contributed by atoms with Gasteiger partial charge in [-0.2, -0.15) is 0 Å². The first kappa shape index (κ1) is 22.3. The van der Waals surface area contributed by atoms with Gasteiger partial charge in [0.15, 0.2) is 11.6 Å². The lowest BCUT2D eigenvalue weighted by atomic mass is 10.1. The third-order valence-corrected chi connectivity index (χ3v) is 7.23. The molecule has 0 aliphatic rings. The smallest absolute Gasteiger partial charge is 0.168 e. The van der Waals surface area contributed by atoms with E-state index in [1.54, 1.807) is 0 Å². The minimum atomic E-state index is 0.817. The molecule has 0 amide bonds. The highest BCUT2D eigenvalue weighted by Crippen LogP contribution is 2.35. The Morgan fingerprint density at radius 1 is 0.500 bits per heavy atom. The Bertz CT molecular complexity index is 1930. The molecule has 0 bridgehead atoms. The Labute approximate surface area is 221 Å². The van der Waals surface area contributed by atoms with Crippen molar-refractivity contribution < 1.29 is 0 Å². The van der Waals surface area contributed by atoms with E-state index in [-0.39, 0.29) is 0 Å². The lowest BCUT2D eigenvalue weighted by molar-refractivity contribution is 1.07. The quantitative estimate of drug-likeness (QED) is 0.249. The first-order chi connectivity index (χ1) is 18.7. The first-order valence-corrected chi connectivity index (χ1v) is 12.9. The van der Waals surface area contributed by atoms with Crippen molar-refractivity contribution in [2.75, 3.05) is 0 Å². The van der Waals surface area contributed by atoms with Crippen LogP contribution in [-0.4, -0.2) is 19.3 Å². The molecule has 0 saturated heterocycles. The second-order valence-electron chi connectivity index (χ2n) is 9.76. The van der Waals surface area contributed by atoms with Gasteiger partial charge in [0.05, 0.1) is 11.0 Å². The monoisotopic (exact) mass is 490 g/mol. The van der Waals surface area contributed by atoms with Crippen LogP contribution in [0.1, 0.15) is 11.1 Å². The largest absolute Gasteiger partial charge is 0.309 e. The van der Waals surface area contributed by atoms with Crippen molar-refractivity contribution in [3.8, 4) is 34.2 Å². The summed E-state index contributed by atoms with van der Waals surface area (Å²) in [5.74, 6) is 1.65. The third kappa shape index (κ3) is 3.53. The second-order valence-corrected chi connectivity index (χ2v) is 9.76. The number of benzene rings is 5. The standard InChI is InChI=1S/C34H26N4/c1-23-10-8-12-26(22-23)34-36-35-33(38(34)27-13-4-3-5-14-27)25-18-20-28(21-19-25)37-31-17-7-6-15-29(31)30-16-9-11-24(2)32(30)37/h3-22H,1-2H3. The van der Waals surface area contributed by atoms with Gasteiger partial charge >= 0.3 is 0 Å². The zero-order chi connectivity index (χ0) is 25.6. The van der Waals surface area contributed by atoms with Crippen molar-refractivity contribution in [3.05, 3.63) is 132 Å². The number of hydrogen-bond acceptors (Lipinski definition) is 2. The van der Waals surface area contributed by atoms with Crippen LogP contribution >= 0.6 is 0 Å². The van der Waals surface area contributed by atoms with E-state index >= 15 is 0 Å². The fourth-order valence-corrected chi connectivity index (χ4v) is 5.48. The molecule has 2 heterocycles. The van der Waals surface area contributed by atoms with Crippen molar-refractivity contribution in [2.45, 2.75) is 13.8 Å². The molecule has 0 spiro atoms. The van der Waals surface area contributed by atoms with E-state index in [4.69, 9.17) is 0 Å². The molecule has 2 aromatic heterocycles. The molecular weight excluding hydrogens is 464 g/mol. The maximum Gasteiger partial charge on any atom is 0.168 e. The molecular formula is C34H26N4. The zero-order valence-electron chi connectivity index (χ0n) is 21.3. The summed E-state index contributed by atoms with van der Waals surface area (Å²) in [6, 6.07) is 42.6. The predicted octanol–water partition coefficient (Wildman–Crippen LogP) is 8.32. The van der Waals surface area contributed by atoms with Crippen LogP contribution < -0.4 is 0 Å². The third-order valence-electron chi connectivity index (χ3n) is 7.23. The van der Waals surface area contributed by atoms with E-state index < -0.39 is 0 Å². The summed E-state index contributed by atoms with van der Waals surface area (Å²) in [4.78, 5) is 0. The van der Waals surface area contributed by atoms with Crippen LogP contribution in [0.3, 0.4) is 0 Å². The molecule has 0 radical (unpaired) electrons. The average Bonchev–Trinajstić information content (AvgIpc) is 3.55. The van der Waals surface area contributed by atoms with Crippen molar-refractivity contribution in [1.82, 2.24) is 19.3 Å². The molecule has 182 valence electrons. The lowest BCUT2D eigenvalue weighted by Crippen LogP contribution is -2.01. The van der Waals surface area contributed by atoms with Crippen LogP contribution in [0.5, 0.6) is 0 Å². The Morgan fingerprint density at radius 2 is 1.16 bits per heavy atom. The molecule has 4 nitrogen and oxygen atoms in total. The Kier molecular flexibility index (Phi) is 5.19. The Morgan fingerprint density at radius 3 is 1.95 bits per heavy atom. The van der Waals surface area contributed by atoms with E-state index in [1.165, 1.54) is 32.9 Å². The topological polar surface area (TPSA) is 35.6 Å². The van der Waals surface area contributed by atoms with E-state index in [9.17, 15) is 0 Å².